The molecule has 0 spiro atoms. The lowest BCUT2D eigenvalue weighted by molar-refractivity contribution is -0.124. The molecule has 1 aliphatic carbocycles. The van der Waals surface area contributed by atoms with Crippen LogP contribution >= 0.6 is 0 Å². The van der Waals surface area contributed by atoms with Gasteiger partial charge in [-0.2, -0.15) is 9.61 Å². The van der Waals surface area contributed by atoms with Crippen LogP contribution in [0.1, 0.15) is 30.4 Å². The molecule has 1 aliphatic heterocycles. The second-order valence-corrected chi connectivity index (χ2v) is 8.56. The lowest BCUT2D eigenvalue weighted by Gasteiger charge is -2.12. The predicted octanol–water partition coefficient (Wildman–Crippen LogP) is 2.72. The Bertz CT molecular complexity index is 1430. The Balaban J connectivity index is 1.35. The van der Waals surface area contributed by atoms with E-state index >= 15 is 0 Å². The van der Waals surface area contributed by atoms with E-state index in [2.05, 4.69) is 38.2 Å². The number of rotatable bonds is 7. The lowest BCUT2D eigenvalue weighted by Crippen LogP contribution is -2.19. The summed E-state index contributed by atoms with van der Waals surface area (Å²) < 4.78 is 3.75. The van der Waals surface area contributed by atoms with Gasteiger partial charge in [-0.05, 0) is 36.6 Å². The van der Waals surface area contributed by atoms with Crippen LogP contribution in [0.2, 0.25) is 0 Å². The van der Waals surface area contributed by atoms with E-state index in [0.717, 1.165) is 36.5 Å². The van der Waals surface area contributed by atoms with Crippen molar-refractivity contribution in [2.24, 2.45) is 0 Å². The molecule has 0 bridgehead atoms. The third-order valence-corrected chi connectivity index (χ3v) is 5.78. The summed E-state index contributed by atoms with van der Waals surface area (Å²) in [5, 5.41) is 13.7. The second-order valence-electron chi connectivity index (χ2n) is 8.56. The van der Waals surface area contributed by atoms with Crippen molar-refractivity contribution in [2.45, 2.75) is 31.8 Å². The van der Waals surface area contributed by atoms with Crippen LogP contribution in [0.25, 0.3) is 11.7 Å². The maximum atomic E-state index is 12.0. The molecule has 170 valence electrons. The zero-order valence-electron chi connectivity index (χ0n) is 18.2. The largest absolute Gasteiger partial charge is 0.367 e. The molecule has 0 atom stereocenters. The van der Waals surface area contributed by atoms with Gasteiger partial charge in [0.05, 0.1) is 18.9 Å². The second kappa shape index (κ2) is 8.14. The Kier molecular flexibility index (Phi) is 4.83. The van der Waals surface area contributed by atoms with E-state index in [1.54, 1.807) is 29.3 Å². The molecule has 3 aromatic heterocycles. The summed E-state index contributed by atoms with van der Waals surface area (Å²) in [5.74, 6) is 0.808. The third-order valence-electron chi connectivity index (χ3n) is 5.78. The third kappa shape index (κ3) is 4.13. The van der Waals surface area contributed by atoms with Gasteiger partial charge in [0.15, 0.2) is 5.65 Å². The number of benzene rings is 1. The van der Waals surface area contributed by atoms with Gasteiger partial charge in [0, 0.05) is 47.9 Å². The van der Waals surface area contributed by atoms with Gasteiger partial charge in [0.2, 0.25) is 5.91 Å². The smallest absolute Gasteiger partial charge is 0.254 e. The Morgan fingerprint density at radius 2 is 2.12 bits per heavy atom. The molecule has 0 radical (unpaired) electrons. The molecule has 2 amide bonds. The predicted molar refractivity (Wildman–Crippen MR) is 126 cm³/mol. The summed E-state index contributed by atoms with van der Waals surface area (Å²) in [6, 6.07) is 10.5. The minimum Gasteiger partial charge on any atom is -0.367 e. The van der Waals surface area contributed by atoms with E-state index in [-0.39, 0.29) is 18.2 Å². The first-order chi connectivity index (χ1) is 16.6. The van der Waals surface area contributed by atoms with Gasteiger partial charge in [-0.3, -0.25) is 14.9 Å². The summed E-state index contributed by atoms with van der Waals surface area (Å²) in [7, 11) is 0. The maximum Gasteiger partial charge on any atom is 0.254 e. The molecule has 2 aliphatic rings. The number of imide groups is 1. The summed E-state index contributed by atoms with van der Waals surface area (Å²) >= 11 is 0. The number of carbonyl (C=O) groups is 2. The van der Waals surface area contributed by atoms with E-state index in [1.165, 1.54) is 0 Å². The van der Waals surface area contributed by atoms with Gasteiger partial charge in [-0.15, -0.1) is 0 Å². The van der Waals surface area contributed by atoms with E-state index in [9.17, 15) is 9.59 Å². The highest BCUT2D eigenvalue weighted by atomic mass is 16.2. The fourth-order valence-corrected chi connectivity index (χ4v) is 3.98. The molecule has 4 heterocycles. The molecule has 10 nitrogen and oxygen atoms in total. The SMILES string of the molecule is O=C1CC(=Cc2cnn3c(NC4CC4)cc(Nc4cccc(Cn5ccnc5)c4)nc23)C(=O)N1. The Morgan fingerprint density at radius 1 is 1.21 bits per heavy atom. The number of imidazole rings is 1. The molecular weight excluding hydrogens is 432 g/mol. The summed E-state index contributed by atoms with van der Waals surface area (Å²) in [4.78, 5) is 32.5. The minimum absolute atomic E-state index is 0.0605. The Morgan fingerprint density at radius 3 is 2.88 bits per heavy atom. The van der Waals surface area contributed by atoms with Crippen molar-refractivity contribution in [3.8, 4) is 0 Å². The van der Waals surface area contributed by atoms with Gasteiger partial charge in [0.25, 0.3) is 5.91 Å². The molecule has 3 N–H and O–H groups in total. The van der Waals surface area contributed by atoms with Crippen LogP contribution in [0.3, 0.4) is 0 Å². The first kappa shape index (κ1) is 20.2. The van der Waals surface area contributed by atoms with Gasteiger partial charge in [-0.1, -0.05) is 12.1 Å². The zero-order valence-corrected chi connectivity index (χ0v) is 18.2. The fraction of sp³-hybridized carbons (Fsp3) is 0.208. The van der Waals surface area contributed by atoms with Gasteiger partial charge < -0.3 is 15.2 Å². The van der Waals surface area contributed by atoms with Crippen LogP contribution in [-0.2, 0) is 16.1 Å². The molecule has 1 saturated heterocycles. The van der Waals surface area contributed by atoms with Crippen molar-refractivity contribution in [3.63, 3.8) is 0 Å². The van der Waals surface area contributed by atoms with E-state index in [4.69, 9.17) is 4.98 Å². The van der Waals surface area contributed by atoms with E-state index in [1.807, 2.05) is 29.0 Å². The van der Waals surface area contributed by atoms with Crippen LogP contribution in [0.15, 0.2) is 60.8 Å². The van der Waals surface area contributed by atoms with Crippen LogP contribution in [-0.4, -0.2) is 42.0 Å². The average Bonchev–Trinajstić information content (AvgIpc) is 3.15. The number of nitrogens with zero attached hydrogens (tertiary/aromatic N) is 5. The summed E-state index contributed by atoms with van der Waals surface area (Å²) in [6.45, 7) is 0.720. The van der Waals surface area contributed by atoms with Crippen LogP contribution in [0.5, 0.6) is 0 Å². The molecule has 6 rings (SSSR count). The number of anilines is 3. The van der Waals surface area contributed by atoms with E-state index in [0.29, 0.717) is 28.6 Å². The number of aromatic nitrogens is 5. The van der Waals surface area contributed by atoms with Crippen LogP contribution < -0.4 is 16.0 Å². The number of fused-ring (bicyclic) bond motifs is 1. The molecule has 1 aromatic carbocycles. The number of hydrogen-bond acceptors (Lipinski definition) is 7. The maximum absolute atomic E-state index is 12.0. The van der Waals surface area contributed by atoms with Gasteiger partial charge >= 0.3 is 0 Å². The number of carbonyl (C=O) groups excluding carboxylic acids is 2. The first-order valence-electron chi connectivity index (χ1n) is 11.1. The molecule has 4 aromatic rings. The van der Waals surface area contributed by atoms with Gasteiger partial charge in [0.1, 0.15) is 11.6 Å². The van der Waals surface area contributed by atoms with Crippen molar-refractivity contribution in [2.75, 3.05) is 10.6 Å². The Labute approximate surface area is 194 Å². The van der Waals surface area contributed by atoms with Crippen molar-refractivity contribution in [1.82, 2.24) is 29.5 Å². The van der Waals surface area contributed by atoms with Crippen molar-refractivity contribution in [1.29, 1.82) is 0 Å². The van der Waals surface area contributed by atoms with Crippen molar-refractivity contribution < 1.29 is 9.59 Å². The number of amides is 2. The monoisotopic (exact) mass is 454 g/mol. The molecule has 0 unspecified atom stereocenters. The molecule has 1 saturated carbocycles. The normalized spacial score (nSPS) is 16.9. The minimum atomic E-state index is -0.371. The van der Waals surface area contributed by atoms with Crippen LogP contribution in [0, 0.1) is 0 Å². The zero-order chi connectivity index (χ0) is 23.1. The average molecular weight is 454 g/mol. The van der Waals surface area contributed by atoms with Crippen LogP contribution in [0.4, 0.5) is 17.3 Å². The van der Waals surface area contributed by atoms with E-state index < -0.39 is 0 Å². The quantitative estimate of drug-likeness (QED) is 0.290. The Hall–Kier alpha value is -4.47. The molecule has 10 heteroatoms. The highest BCUT2D eigenvalue weighted by Crippen LogP contribution is 2.29. The summed E-state index contributed by atoms with van der Waals surface area (Å²) in [5.41, 5.74) is 3.72. The molecule has 2 fully saturated rings. The number of hydrogen-bond donors (Lipinski definition) is 3. The van der Waals surface area contributed by atoms with Crippen molar-refractivity contribution >= 4 is 40.9 Å². The first-order valence-corrected chi connectivity index (χ1v) is 11.1. The highest BCUT2D eigenvalue weighted by molar-refractivity contribution is 6.15. The van der Waals surface area contributed by atoms with Crippen molar-refractivity contribution in [3.05, 3.63) is 71.9 Å². The molecular formula is C24H22N8O2. The summed E-state index contributed by atoms with van der Waals surface area (Å²) in [6.07, 6.45) is 11.1. The van der Waals surface area contributed by atoms with Gasteiger partial charge in [-0.25, -0.2) is 9.97 Å². The highest BCUT2D eigenvalue weighted by Gasteiger charge is 2.25. The fourth-order valence-electron chi connectivity index (χ4n) is 3.98. The standard InChI is InChI=1S/C24H22N8O2/c33-22-10-16(24(34)30-22)9-17-12-26-32-21(28-18-4-5-18)11-20(29-23(17)32)27-19-3-1-2-15(8-19)13-31-7-6-25-14-31/h1-3,6-9,11-12,14,18,28H,4-5,10,13H2,(H,27,29)(H,30,33,34). The topological polar surface area (TPSA) is 118 Å². The number of nitrogens with one attached hydrogen (secondary N) is 3. The lowest BCUT2D eigenvalue weighted by atomic mass is 10.1. The molecule has 34 heavy (non-hydrogen) atoms.